The maximum atomic E-state index is 5.94. The first-order chi connectivity index (χ1) is 10.1. The average Bonchev–Trinajstić information content (AvgIpc) is 3.07. The number of hydrogen-bond acceptors (Lipinski definition) is 2. The second kappa shape index (κ2) is 6.08. The first-order valence-electron chi connectivity index (χ1n) is 8.16. The van der Waals surface area contributed by atoms with Gasteiger partial charge in [-0.05, 0) is 41.4 Å². The van der Waals surface area contributed by atoms with E-state index in [0.717, 1.165) is 23.8 Å². The molecule has 0 spiro atoms. The van der Waals surface area contributed by atoms with Gasteiger partial charge in [0.05, 0.1) is 6.04 Å². The van der Waals surface area contributed by atoms with Crippen molar-refractivity contribution in [1.29, 1.82) is 0 Å². The summed E-state index contributed by atoms with van der Waals surface area (Å²) in [5.74, 6) is 1.43. The zero-order chi connectivity index (χ0) is 15.0. The Kier molecular flexibility index (Phi) is 4.36. The van der Waals surface area contributed by atoms with E-state index in [-0.39, 0.29) is 7.92 Å². The highest BCUT2D eigenvalue weighted by molar-refractivity contribution is 7.67. The highest BCUT2D eigenvalue weighted by atomic mass is 31.1. The molecular formula is C18H26NOP. The summed E-state index contributed by atoms with van der Waals surface area (Å²) in [4.78, 5) is 4.84. The van der Waals surface area contributed by atoms with E-state index in [1.165, 1.54) is 23.7 Å². The van der Waals surface area contributed by atoms with Crippen LogP contribution in [-0.4, -0.2) is 29.9 Å². The molecule has 114 valence electrons. The third kappa shape index (κ3) is 2.88. The van der Waals surface area contributed by atoms with Gasteiger partial charge in [-0.15, -0.1) is 0 Å². The van der Waals surface area contributed by atoms with Crippen molar-refractivity contribution >= 4 is 19.1 Å². The van der Waals surface area contributed by atoms with Crippen molar-refractivity contribution in [3.8, 4) is 0 Å². The molecule has 1 fully saturated rings. The fraction of sp³-hybridized carbons (Fsp3) is 0.611. The van der Waals surface area contributed by atoms with E-state index in [4.69, 9.17) is 9.73 Å². The zero-order valence-electron chi connectivity index (χ0n) is 13.5. The van der Waals surface area contributed by atoms with Gasteiger partial charge in [-0.2, -0.15) is 0 Å². The molecule has 0 aliphatic carbocycles. The fourth-order valence-corrected chi connectivity index (χ4v) is 6.81. The van der Waals surface area contributed by atoms with Gasteiger partial charge in [-0.3, -0.25) is 0 Å². The largest absolute Gasteiger partial charge is 0.475 e. The molecule has 1 aromatic rings. The molecule has 1 aromatic carbocycles. The maximum Gasteiger partial charge on any atom is 0.217 e. The van der Waals surface area contributed by atoms with Crippen LogP contribution in [0.25, 0.3) is 0 Å². The Morgan fingerprint density at radius 2 is 1.81 bits per heavy atom. The van der Waals surface area contributed by atoms with Crippen molar-refractivity contribution in [1.82, 2.24) is 0 Å². The van der Waals surface area contributed by atoms with Crippen LogP contribution in [0.4, 0.5) is 0 Å². The van der Waals surface area contributed by atoms with E-state index in [0.29, 0.717) is 12.0 Å². The van der Waals surface area contributed by atoms with Gasteiger partial charge < -0.3 is 4.74 Å². The number of benzene rings is 1. The molecule has 0 amide bonds. The highest BCUT2D eigenvalue weighted by Gasteiger charge is 2.34. The average molecular weight is 303 g/mol. The summed E-state index contributed by atoms with van der Waals surface area (Å²) in [6.45, 7) is 10.0. The predicted octanol–water partition coefficient (Wildman–Crippen LogP) is 4.17. The van der Waals surface area contributed by atoms with Crippen molar-refractivity contribution in [3.63, 3.8) is 0 Å². The molecule has 0 bridgehead atoms. The molecule has 0 saturated carbocycles. The third-order valence-corrected chi connectivity index (χ3v) is 8.17. The predicted molar refractivity (Wildman–Crippen MR) is 92.3 cm³/mol. The normalized spacial score (nSPS) is 32.3. The first-order valence-corrected chi connectivity index (χ1v) is 9.64. The van der Waals surface area contributed by atoms with Gasteiger partial charge in [-0.25, -0.2) is 4.99 Å². The second-order valence-corrected chi connectivity index (χ2v) is 9.82. The second-order valence-electron chi connectivity index (χ2n) is 6.76. The Bertz CT molecular complexity index is 530. The summed E-state index contributed by atoms with van der Waals surface area (Å²) in [6.07, 6.45) is 2.73. The van der Waals surface area contributed by atoms with Gasteiger partial charge >= 0.3 is 0 Å². The Morgan fingerprint density at radius 3 is 2.43 bits per heavy atom. The van der Waals surface area contributed by atoms with Gasteiger partial charge in [0.25, 0.3) is 0 Å². The summed E-state index contributed by atoms with van der Waals surface area (Å²) in [7, 11) is -0.0900. The van der Waals surface area contributed by atoms with Gasteiger partial charge in [0.15, 0.2) is 0 Å². The Hall–Kier alpha value is -0.880. The van der Waals surface area contributed by atoms with Gasteiger partial charge in [0.2, 0.25) is 5.90 Å². The van der Waals surface area contributed by atoms with E-state index in [2.05, 4.69) is 52.0 Å². The van der Waals surface area contributed by atoms with Crippen molar-refractivity contribution in [3.05, 3.63) is 29.8 Å². The molecule has 3 atom stereocenters. The molecule has 0 radical (unpaired) electrons. The van der Waals surface area contributed by atoms with Crippen LogP contribution in [0.5, 0.6) is 0 Å². The number of hydrogen-bond donors (Lipinski definition) is 0. The molecular weight excluding hydrogens is 277 g/mol. The van der Waals surface area contributed by atoms with Crippen LogP contribution in [-0.2, 0) is 4.74 Å². The SMILES string of the molecule is CC(C)[C@H]1COC(c2ccccc2P2C(C)CCC2C)=N1. The van der Waals surface area contributed by atoms with Crippen LogP contribution in [0.2, 0.25) is 0 Å². The zero-order valence-corrected chi connectivity index (χ0v) is 14.4. The van der Waals surface area contributed by atoms with Crippen LogP contribution in [0.3, 0.4) is 0 Å². The van der Waals surface area contributed by atoms with Gasteiger partial charge in [-0.1, -0.05) is 53.8 Å². The molecule has 2 aliphatic heterocycles. The minimum Gasteiger partial charge on any atom is -0.475 e. The number of ether oxygens (including phenoxy) is 1. The summed E-state index contributed by atoms with van der Waals surface area (Å²) in [5.41, 5.74) is 2.89. The van der Waals surface area contributed by atoms with Crippen molar-refractivity contribution in [2.24, 2.45) is 10.9 Å². The topological polar surface area (TPSA) is 21.6 Å². The standard InChI is InChI=1S/C18H26NOP/c1-12(2)16-11-20-18(19-16)15-7-5-6-8-17(15)21-13(3)9-10-14(21)4/h5-8,12-14,16H,9-11H2,1-4H3/t13?,14?,16-,21?/m1/s1. The van der Waals surface area contributed by atoms with Crippen LogP contribution in [0.15, 0.2) is 29.3 Å². The summed E-state index contributed by atoms with van der Waals surface area (Å²) in [5, 5.41) is 1.51. The van der Waals surface area contributed by atoms with Crippen LogP contribution in [0, 0.1) is 5.92 Å². The molecule has 3 rings (SSSR count). The van der Waals surface area contributed by atoms with Crippen molar-refractivity contribution < 1.29 is 4.74 Å². The van der Waals surface area contributed by atoms with Crippen molar-refractivity contribution in [2.75, 3.05) is 6.61 Å². The minimum atomic E-state index is -0.0900. The van der Waals surface area contributed by atoms with E-state index in [1.807, 2.05) is 0 Å². The van der Waals surface area contributed by atoms with Crippen LogP contribution < -0.4 is 5.30 Å². The lowest BCUT2D eigenvalue weighted by molar-refractivity contribution is 0.292. The monoisotopic (exact) mass is 303 g/mol. The fourth-order valence-electron chi connectivity index (χ4n) is 3.43. The van der Waals surface area contributed by atoms with Crippen molar-refractivity contribution in [2.45, 2.75) is 57.9 Å². The maximum absolute atomic E-state index is 5.94. The van der Waals surface area contributed by atoms with Crippen LogP contribution >= 0.6 is 7.92 Å². The van der Waals surface area contributed by atoms with E-state index in [9.17, 15) is 0 Å². The lowest BCUT2D eigenvalue weighted by Gasteiger charge is -2.23. The Morgan fingerprint density at radius 1 is 1.14 bits per heavy atom. The molecule has 0 N–H and O–H groups in total. The van der Waals surface area contributed by atoms with Gasteiger partial charge in [0, 0.05) is 5.56 Å². The molecule has 2 unspecified atom stereocenters. The third-order valence-electron chi connectivity index (χ3n) is 4.81. The first kappa shape index (κ1) is 15.0. The highest BCUT2D eigenvalue weighted by Crippen LogP contribution is 2.54. The molecule has 0 aromatic heterocycles. The molecule has 21 heavy (non-hydrogen) atoms. The van der Waals surface area contributed by atoms with Crippen LogP contribution in [0.1, 0.15) is 46.1 Å². The molecule has 2 nitrogen and oxygen atoms in total. The molecule has 2 heterocycles. The lowest BCUT2D eigenvalue weighted by Crippen LogP contribution is -2.19. The Labute approximate surface area is 129 Å². The molecule has 2 aliphatic rings. The number of aliphatic imine (C=N–C) groups is 1. The summed E-state index contributed by atoms with van der Waals surface area (Å²) >= 11 is 0. The number of rotatable bonds is 3. The summed E-state index contributed by atoms with van der Waals surface area (Å²) in [6, 6.07) is 9.13. The smallest absolute Gasteiger partial charge is 0.217 e. The van der Waals surface area contributed by atoms with Gasteiger partial charge in [0.1, 0.15) is 6.61 Å². The quantitative estimate of drug-likeness (QED) is 0.768. The molecule has 3 heteroatoms. The molecule has 1 saturated heterocycles. The summed E-state index contributed by atoms with van der Waals surface area (Å²) < 4.78 is 5.94. The Balaban J connectivity index is 1.96. The van der Waals surface area contributed by atoms with E-state index in [1.54, 1.807) is 0 Å². The van der Waals surface area contributed by atoms with E-state index >= 15 is 0 Å². The number of nitrogens with zero attached hydrogens (tertiary/aromatic N) is 1. The van der Waals surface area contributed by atoms with E-state index < -0.39 is 0 Å². The lowest BCUT2D eigenvalue weighted by atomic mass is 10.1. The minimum absolute atomic E-state index is 0.0900.